The van der Waals surface area contributed by atoms with Crippen molar-refractivity contribution in [3.05, 3.63) is 120 Å². The second-order valence-corrected chi connectivity index (χ2v) is 9.56. The van der Waals surface area contributed by atoms with E-state index >= 15 is 0 Å². The van der Waals surface area contributed by atoms with Crippen molar-refractivity contribution in [2.24, 2.45) is 0 Å². The van der Waals surface area contributed by atoms with E-state index in [0.717, 1.165) is 27.2 Å². The normalized spacial score (nSPS) is 10.7. The molecule has 0 radical (unpaired) electrons. The average Bonchev–Trinajstić information content (AvgIpc) is 3.36. The predicted molar refractivity (Wildman–Crippen MR) is 149 cm³/mol. The number of benzene rings is 4. The summed E-state index contributed by atoms with van der Waals surface area (Å²) in [5.41, 5.74) is 4.73. The number of nitrogens with zero attached hydrogens (tertiary/aromatic N) is 1. The highest BCUT2D eigenvalue weighted by molar-refractivity contribution is 7.80. The molecule has 0 aliphatic carbocycles. The van der Waals surface area contributed by atoms with E-state index in [2.05, 4.69) is 28.8 Å². The summed E-state index contributed by atoms with van der Waals surface area (Å²) >= 11 is 6.99. The van der Waals surface area contributed by atoms with Crippen LogP contribution in [0.15, 0.2) is 103 Å². The first-order valence-electron chi connectivity index (χ1n) is 11.4. The molecule has 0 aliphatic heterocycles. The van der Waals surface area contributed by atoms with Gasteiger partial charge in [0.2, 0.25) is 0 Å². The summed E-state index contributed by atoms with van der Waals surface area (Å²) in [4.78, 5) is 17.3. The smallest absolute Gasteiger partial charge is 0.257 e. The van der Waals surface area contributed by atoms with E-state index in [1.165, 1.54) is 4.70 Å². The number of ether oxygens (including phenoxy) is 1. The van der Waals surface area contributed by atoms with Crippen molar-refractivity contribution in [3.8, 4) is 16.3 Å². The van der Waals surface area contributed by atoms with E-state index < -0.39 is 0 Å². The fraction of sp³-hybridized carbons (Fsp3) is 0.0690. The molecule has 0 atom stereocenters. The Morgan fingerprint density at radius 2 is 1.56 bits per heavy atom. The van der Waals surface area contributed by atoms with Gasteiger partial charge in [-0.1, -0.05) is 66.7 Å². The highest BCUT2D eigenvalue weighted by Crippen LogP contribution is 2.30. The van der Waals surface area contributed by atoms with E-state index in [9.17, 15) is 4.79 Å². The number of para-hydroxylation sites is 1. The molecule has 178 valence electrons. The second-order valence-electron chi connectivity index (χ2n) is 8.12. The Bertz CT molecular complexity index is 1450. The van der Waals surface area contributed by atoms with Gasteiger partial charge in [-0.3, -0.25) is 10.1 Å². The minimum atomic E-state index is -0.270. The summed E-state index contributed by atoms with van der Waals surface area (Å²) in [5, 5.41) is 7.09. The predicted octanol–water partition coefficient (Wildman–Crippen LogP) is 6.35. The topological polar surface area (TPSA) is 63.2 Å². The number of rotatable bonds is 7. The molecule has 0 saturated heterocycles. The van der Waals surface area contributed by atoms with Gasteiger partial charge in [-0.25, -0.2) is 4.98 Å². The van der Waals surface area contributed by atoms with Crippen molar-refractivity contribution < 1.29 is 9.53 Å². The van der Waals surface area contributed by atoms with Gasteiger partial charge in [-0.15, -0.1) is 11.3 Å². The lowest BCUT2D eigenvalue weighted by Gasteiger charge is -2.11. The molecule has 1 aromatic heterocycles. The zero-order valence-electron chi connectivity index (χ0n) is 19.3. The fourth-order valence-corrected chi connectivity index (χ4v) is 4.74. The lowest BCUT2D eigenvalue weighted by atomic mass is 10.1. The Morgan fingerprint density at radius 1 is 0.833 bits per heavy atom. The zero-order valence-corrected chi connectivity index (χ0v) is 20.9. The zero-order chi connectivity index (χ0) is 24.7. The first-order chi connectivity index (χ1) is 17.6. The Labute approximate surface area is 218 Å². The summed E-state index contributed by atoms with van der Waals surface area (Å²) in [6.45, 7) is 0.980. The quantitative estimate of drug-likeness (QED) is 0.251. The van der Waals surface area contributed by atoms with Crippen molar-refractivity contribution in [1.29, 1.82) is 0 Å². The Hall–Kier alpha value is -4.07. The van der Waals surface area contributed by atoms with Crippen molar-refractivity contribution in [2.75, 3.05) is 0 Å². The average molecular weight is 510 g/mol. The standard InChI is InChI=1S/C29H23N3O2S2/c33-27(22-14-16-24(17-15-22)34-19-21-6-2-1-3-7-21)32-29(35)30-18-20-10-12-23(13-11-20)28-31-25-8-4-5-9-26(25)36-28/h1-17H,18-19H2,(H2,30,32,33,35). The molecule has 5 nitrogen and oxygen atoms in total. The third-order valence-electron chi connectivity index (χ3n) is 5.54. The summed E-state index contributed by atoms with van der Waals surface area (Å²) < 4.78 is 6.95. The van der Waals surface area contributed by atoms with Gasteiger partial charge >= 0.3 is 0 Å². The molecule has 1 heterocycles. The molecule has 0 spiro atoms. The van der Waals surface area contributed by atoms with Gasteiger partial charge in [0.1, 0.15) is 17.4 Å². The van der Waals surface area contributed by atoms with Gasteiger partial charge in [0.15, 0.2) is 5.11 Å². The van der Waals surface area contributed by atoms with E-state index in [4.69, 9.17) is 21.9 Å². The molecule has 5 aromatic rings. The Morgan fingerprint density at radius 3 is 2.31 bits per heavy atom. The fourth-order valence-electron chi connectivity index (χ4n) is 3.61. The lowest BCUT2D eigenvalue weighted by Crippen LogP contribution is -2.38. The number of nitrogens with one attached hydrogen (secondary N) is 2. The maximum absolute atomic E-state index is 12.5. The van der Waals surface area contributed by atoms with Crippen LogP contribution < -0.4 is 15.4 Å². The Kier molecular flexibility index (Phi) is 7.30. The highest BCUT2D eigenvalue weighted by atomic mass is 32.1. The highest BCUT2D eigenvalue weighted by Gasteiger charge is 2.09. The van der Waals surface area contributed by atoms with Crippen LogP contribution in [0.25, 0.3) is 20.8 Å². The molecule has 1 amide bonds. The van der Waals surface area contributed by atoms with Crippen LogP contribution in [0.4, 0.5) is 0 Å². The molecule has 5 rings (SSSR count). The van der Waals surface area contributed by atoms with Crippen molar-refractivity contribution in [1.82, 2.24) is 15.6 Å². The Balaban J connectivity index is 1.10. The number of fused-ring (bicyclic) bond motifs is 1. The van der Waals surface area contributed by atoms with Crippen LogP contribution in [0.5, 0.6) is 5.75 Å². The van der Waals surface area contributed by atoms with Crippen LogP contribution >= 0.6 is 23.6 Å². The first-order valence-corrected chi connectivity index (χ1v) is 12.7. The first kappa shape index (κ1) is 23.7. The number of hydrogen-bond donors (Lipinski definition) is 2. The molecule has 0 bridgehead atoms. The van der Waals surface area contributed by atoms with Gasteiger partial charge < -0.3 is 10.1 Å². The summed E-state index contributed by atoms with van der Waals surface area (Å²) in [6.07, 6.45) is 0. The lowest BCUT2D eigenvalue weighted by molar-refractivity contribution is 0.0976. The van der Waals surface area contributed by atoms with Crippen molar-refractivity contribution in [3.63, 3.8) is 0 Å². The molecule has 7 heteroatoms. The number of amides is 1. The minimum Gasteiger partial charge on any atom is -0.489 e. The maximum Gasteiger partial charge on any atom is 0.257 e. The maximum atomic E-state index is 12.5. The van der Waals surface area contributed by atoms with E-state index in [-0.39, 0.29) is 11.0 Å². The molecule has 0 saturated carbocycles. The summed E-state index contributed by atoms with van der Waals surface area (Å²) in [7, 11) is 0. The summed E-state index contributed by atoms with van der Waals surface area (Å²) in [5.74, 6) is 0.429. The molecule has 0 aliphatic rings. The van der Waals surface area contributed by atoms with Crippen LogP contribution in [0.1, 0.15) is 21.5 Å². The van der Waals surface area contributed by atoms with Gasteiger partial charge in [0.05, 0.1) is 10.2 Å². The molecule has 0 unspecified atom stereocenters. The van der Waals surface area contributed by atoms with Crippen molar-refractivity contribution >= 4 is 44.8 Å². The third-order valence-corrected chi connectivity index (χ3v) is 6.87. The van der Waals surface area contributed by atoms with E-state index in [1.807, 2.05) is 60.7 Å². The van der Waals surface area contributed by atoms with Crippen molar-refractivity contribution in [2.45, 2.75) is 13.2 Å². The number of carbonyl (C=O) groups is 1. The van der Waals surface area contributed by atoms with Crippen LogP contribution in [0.3, 0.4) is 0 Å². The number of thiazole rings is 1. The molecule has 4 aromatic carbocycles. The van der Waals surface area contributed by atoms with Gasteiger partial charge in [0, 0.05) is 17.7 Å². The van der Waals surface area contributed by atoms with Gasteiger partial charge in [0.25, 0.3) is 5.91 Å². The van der Waals surface area contributed by atoms with Crippen LogP contribution in [-0.4, -0.2) is 16.0 Å². The molecule has 2 N–H and O–H groups in total. The molecular formula is C29H23N3O2S2. The number of aromatic nitrogens is 1. The SMILES string of the molecule is O=C(NC(=S)NCc1ccc(-c2nc3ccccc3s2)cc1)c1ccc(OCc2ccccc2)cc1. The second kappa shape index (κ2) is 11.1. The number of hydrogen-bond acceptors (Lipinski definition) is 5. The van der Waals surface area contributed by atoms with Crippen LogP contribution in [-0.2, 0) is 13.2 Å². The monoisotopic (exact) mass is 509 g/mol. The van der Waals surface area contributed by atoms with Gasteiger partial charge in [-0.05, 0) is 59.7 Å². The number of carbonyl (C=O) groups excluding carboxylic acids is 1. The minimum absolute atomic E-state index is 0.270. The van der Waals surface area contributed by atoms with E-state index in [1.54, 1.807) is 35.6 Å². The third kappa shape index (κ3) is 5.94. The largest absolute Gasteiger partial charge is 0.489 e. The summed E-state index contributed by atoms with van der Waals surface area (Å²) in [6, 6.07) is 33.2. The van der Waals surface area contributed by atoms with E-state index in [0.29, 0.717) is 24.5 Å². The molecule has 36 heavy (non-hydrogen) atoms. The molecular weight excluding hydrogens is 486 g/mol. The van der Waals surface area contributed by atoms with Gasteiger partial charge in [-0.2, -0.15) is 0 Å². The molecule has 0 fully saturated rings. The van der Waals surface area contributed by atoms with Crippen LogP contribution in [0, 0.1) is 0 Å². The van der Waals surface area contributed by atoms with Crippen LogP contribution in [0.2, 0.25) is 0 Å². The number of thiocarbonyl (C=S) groups is 1.